The van der Waals surface area contributed by atoms with Gasteiger partial charge in [0.2, 0.25) is 5.91 Å². The topological polar surface area (TPSA) is 58.4 Å². The summed E-state index contributed by atoms with van der Waals surface area (Å²) < 4.78 is 13.6. The Morgan fingerprint density at radius 1 is 1.25 bits per heavy atom. The van der Waals surface area contributed by atoms with Crippen LogP contribution in [0.15, 0.2) is 48.5 Å². The molecular weight excluding hydrogens is 257 g/mol. The molecule has 0 radical (unpaired) electrons. The van der Waals surface area contributed by atoms with E-state index < -0.39 is 0 Å². The normalized spacial score (nSPS) is 10.1. The molecule has 0 atom stereocenters. The molecule has 0 heterocycles. The summed E-state index contributed by atoms with van der Waals surface area (Å²) in [6, 6.07) is 13.2. The third-order valence-electron chi connectivity index (χ3n) is 2.81. The zero-order valence-electron chi connectivity index (χ0n) is 11.1. The summed E-state index contributed by atoms with van der Waals surface area (Å²) in [5.74, 6) is -0.590. The van der Waals surface area contributed by atoms with Crippen molar-refractivity contribution in [1.29, 1.82) is 0 Å². The van der Waals surface area contributed by atoms with Gasteiger partial charge in [-0.2, -0.15) is 0 Å². The van der Waals surface area contributed by atoms with Crippen molar-refractivity contribution in [1.82, 2.24) is 0 Å². The van der Waals surface area contributed by atoms with Crippen LogP contribution in [0.25, 0.3) is 0 Å². The van der Waals surface area contributed by atoms with Crippen molar-refractivity contribution in [3.05, 3.63) is 54.3 Å². The van der Waals surface area contributed by atoms with Crippen LogP contribution in [0, 0.1) is 5.82 Å². The van der Waals surface area contributed by atoms with Crippen molar-refractivity contribution in [2.24, 2.45) is 0 Å². The van der Waals surface area contributed by atoms with Crippen LogP contribution in [-0.4, -0.2) is 19.5 Å². The van der Waals surface area contributed by atoms with Gasteiger partial charge in [-0.15, -0.1) is 0 Å². The van der Waals surface area contributed by atoms with E-state index >= 15 is 0 Å². The molecule has 0 fully saturated rings. The molecule has 3 N–H and O–H groups in total. The van der Waals surface area contributed by atoms with Gasteiger partial charge in [-0.1, -0.05) is 18.2 Å². The maximum Gasteiger partial charge on any atom is 0.243 e. The quantitative estimate of drug-likeness (QED) is 0.841. The molecule has 0 aliphatic carbocycles. The highest BCUT2D eigenvalue weighted by Crippen LogP contribution is 2.17. The zero-order chi connectivity index (χ0) is 14.5. The largest absolute Gasteiger partial charge is 0.399 e. The summed E-state index contributed by atoms with van der Waals surface area (Å²) in [5, 5.41) is 2.72. The number of para-hydroxylation sites is 1. The van der Waals surface area contributed by atoms with Gasteiger partial charge in [0.1, 0.15) is 5.82 Å². The first-order chi connectivity index (χ1) is 9.56. The number of carbonyl (C=O) groups is 1. The molecule has 0 aliphatic rings. The van der Waals surface area contributed by atoms with Crippen LogP contribution in [0.2, 0.25) is 0 Å². The van der Waals surface area contributed by atoms with E-state index in [9.17, 15) is 9.18 Å². The second kappa shape index (κ2) is 6.06. The fourth-order valence-corrected chi connectivity index (χ4v) is 1.88. The number of anilines is 3. The fraction of sp³-hybridized carbons (Fsp3) is 0.133. The number of benzene rings is 2. The van der Waals surface area contributed by atoms with Gasteiger partial charge in [0.05, 0.1) is 12.2 Å². The Hall–Kier alpha value is -2.56. The van der Waals surface area contributed by atoms with Gasteiger partial charge in [0.25, 0.3) is 0 Å². The Kier molecular flexibility index (Phi) is 4.20. The fourth-order valence-electron chi connectivity index (χ4n) is 1.88. The highest BCUT2D eigenvalue weighted by atomic mass is 19.1. The molecular formula is C15H16FN3O. The van der Waals surface area contributed by atoms with Gasteiger partial charge in [0, 0.05) is 18.4 Å². The molecule has 0 bridgehead atoms. The Morgan fingerprint density at radius 2 is 2.00 bits per heavy atom. The van der Waals surface area contributed by atoms with Gasteiger partial charge >= 0.3 is 0 Å². The van der Waals surface area contributed by atoms with Gasteiger partial charge < -0.3 is 16.0 Å². The van der Waals surface area contributed by atoms with E-state index in [0.29, 0.717) is 17.1 Å². The van der Waals surface area contributed by atoms with E-state index in [0.717, 1.165) is 0 Å². The van der Waals surface area contributed by atoms with Crippen LogP contribution >= 0.6 is 0 Å². The highest BCUT2D eigenvalue weighted by Gasteiger charge is 2.11. The third-order valence-corrected chi connectivity index (χ3v) is 2.81. The lowest BCUT2D eigenvalue weighted by molar-refractivity contribution is -0.114. The first-order valence-electron chi connectivity index (χ1n) is 6.17. The SMILES string of the molecule is CN(CC(=O)Nc1cccc(N)c1)c1ccccc1F. The number of nitrogens with two attached hydrogens (primary N) is 1. The number of likely N-dealkylation sites (N-methyl/N-ethyl adjacent to an activating group) is 1. The molecule has 4 nitrogen and oxygen atoms in total. The van der Waals surface area contributed by atoms with Crippen molar-refractivity contribution in [2.75, 3.05) is 29.5 Å². The Balaban J connectivity index is 2.00. The first-order valence-corrected chi connectivity index (χ1v) is 6.17. The minimum Gasteiger partial charge on any atom is -0.399 e. The number of nitrogen functional groups attached to an aromatic ring is 1. The van der Waals surface area contributed by atoms with E-state index in [1.165, 1.54) is 6.07 Å². The van der Waals surface area contributed by atoms with Crippen LogP contribution in [-0.2, 0) is 4.79 Å². The van der Waals surface area contributed by atoms with E-state index in [-0.39, 0.29) is 18.3 Å². The van der Waals surface area contributed by atoms with Crippen LogP contribution in [0.4, 0.5) is 21.5 Å². The molecule has 0 aliphatic heterocycles. The Bertz CT molecular complexity index is 616. The Morgan fingerprint density at radius 3 is 2.70 bits per heavy atom. The number of amides is 1. The van der Waals surface area contributed by atoms with Crippen LogP contribution in [0.3, 0.4) is 0 Å². The summed E-state index contributed by atoms with van der Waals surface area (Å²) in [5.41, 5.74) is 7.22. The molecule has 1 amide bonds. The van der Waals surface area contributed by atoms with E-state index in [2.05, 4.69) is 5.32 Å². The van der Waals surface area contributed by atoms with Gasteiger partial charge in [-0.05, 0) is 30.3 Å². The second-order valence-electron chi connectivity index (χ2n) is 4.48. The maximum absolute atomic E-state index is 13.6. The average Bonchev–Trinajstić information content (AvgIpc) is 2.38. The minimum atomic E-state index is -0.355. The van der Waals surface area contributed by atoms with Crippen molar-refractivity contribution >= 4 is 23.0 Å². The third kappa shape index (κ3) is 3.47. The molecule has 0 saturated carbocycles. The second-order valence-corrected chi connectivity index (χ2v) is 4.48. The molecule has 0 aromatic heterocycles. The summed E-state index contributed by atoms with van der Waals surface area (Å²) in [6.45, 7) is 0.0513. The van der Waals surface area contributed by atoms with Gasteiger partial charge in [-0.3, -0.25) is 4.79 Å². The molecule has 2 aromatic carbocycles. The molecule has 2 rings (SSSR count). The summed E-state index contributed by atoms with van der Waals surface area (Å²) in [4.78, 5) is 13.5. The molecule has 0 saturated heterocycles. The van der Waals surface area contributed by atoms with Crippen molar-refractivity contribution in [3.8, 4) is 0 Å². The molecule has 0 spiro atoms. The number of halogens is 1. The minimum absolute atomic E-state index is 0.0513. The Labute approximate surface area is 117 Å². The van der Waals surface area contributed by atoms with Crippen molar-refractivity contribution in [3.63, 3.8) is 0 Å². The van der Waals surface area contributed by atoms with Crippen LogP contribution in [0.1, 0.15) is 0 Å². The monoisotopic (exact) mass is 273 g/mol. The lowest BCUT2D eigenvalue weighted by Crippen LogP contribution is -2.30. The number of nitrogens with zero attached hydrogens (tertiary/aromatic N) is 1. The smallest absolute Gasteiger partial charge is 0.243 e. The summed E-state index contributed by atoms with van der Waals surface area (Å²) in [7, 11) is 1.66. The predicted molar refractivity (Wildman–Crippen MR) is 79.2 cm³/mol. The number of rotatable bonds is 4. The maximum atomic E-state index is 13.6. The van der Waals surface area contributed by atoms with Crippen molar-refractivity contribution < 1.29 is 9.18 Å². The van der Waals surface area contributed by atoms with E-state index in [4.69, 9.17) is 5.73 Å². The lowest BCUT2D eigenvalue weighted by Gasteiger charge is -2.19. The molecule has 104 valence electrons. The van der Waals surface area contributed by atoms with Crippen molar-refractivity contribution in [2.45, 2.75) is 0 Å². The standard InChI is InChI=1S/C15H16FN3O/c1-19(14-8-3-2-7-13(14)16)10-15(20)18-12-6-4-5-11(17)9-12/h2-9H,10,17H2,1H3,(H,18,20). The molecule has 2 aromatic rings. The number of nitrogens with one attached hydrogen (secondary N) is 1. The summed E-state index contributed by atoms with van der Waals surface area (Å²) >= 11 is 0. The lowest BCUT2D eigenvalue weighted by atomic mass is 10.2. The molecule has 0 unspecified atom stereocenters. The number of carbonyl (C=O) groups excluding carboxylic acids is 1. The highest BCUT2D eigenvalue weighted by molar-refractivity contribution is 5.94. The first kappa shape index (κ1) is 13.9. The van der Waals surface area contributed by atoms with E-state index in [1.807, 2.05) is 0 Å². The number of hydrogen-bond donors (Lipinski definition) is 2. The predicted octanol–water partition coefficient (Wildman–Crippen LogP) is 2.48. The number of hydrogen-bond acceptors (Lipinski definition) is 3. The van der Waals surface area contributed by atoms with E-state index in [1.54, 1.807) is 54.4 Å². The molecule has 5 heteroatoms. The molecule has 20 heavy (non-hydrogen) atoms. The van der Waals surface area contributed by atoms with Crippen LogP contribution < -0.4 is 16.0 Å². The van der Waals surface area contributed by atoms with Gasteiger partial charge in [-0.25, -0.2) is 4.39 Å². The van der Waals surface area contributed by atoms with Gasteiger partial charge in [0.15, 0.2) is 0 Å². The average molecular weight is 273 g/mol. The van der Waals surface area contributed by atoms with Crippen LogP contribution in [0.5, 0.6) is 0 Å². The summed E-state index contributed by atoms with van der Waals surface area (Å²) in [6.07, 6.45) is 0. The zero-order valence-corrected chi connectivity index (χ0v) is 11.1.